The summed E-state index contributed by atoms with van der Waals surface area (Å²) in [4.78, 5) is 12.4. The highest BCUT2D eigenvalue weighted by atomic mass is 16.5. The Hall–Kier alpha value is -2.10. The monoisotopic (exact) mass is 300 g/mol. The average Bonchev–Trinajstić information content (AvgIpc) is 2.80. The quantitative estimate of drug-likeness (QED) is 0.837. The SMILES string of the molecule is CCC(C)c1c(C)nn(C(=O)COc2ccc(C)cc2)c1C. The number of aryl methyl sites for hydroxylation is 2. The molecule has 0 aliphatic rings. The van der Waals surface area contributed by atoms with Gasteiger partial charge in [0.05, 0.1) is 5.69 Å². The molecule has 0 saturated heterocycles. The number of carbonyl (C=O) groups is 1. The van der Waals surface area contributed by atoms with Gasteiger partial charge in [0.25, 0.3) is 5.91 Å². The highest BCUT2D eigenvalue weighted by molar-refractivity contribution is 5.80. The molecule has 0 aliphatic heterocycles. The lowest BCUT2D eigenvalue weighted by Crippen LogP contribution is -2.21. The smallest absolute Gasteiger partial charge is 0.284 e. The summed E-state index contributed by atoms with van der Waals surface area (Å²) >= 11 is 0. The van der Waals surface area contributed by atoms with Gasteiger partial charge in [-0.3, -0.25) is 4.79 Å². The fraction of sp³-hybridized carbons (Fsp3) is 0.444. The Labute approximate surface area is 132 Å². The molecule has 118 valence electrons. The Balaban J connectivity index is 2.11. The van der Waals surface area contributed by atoms with Crippen molar-refractivity contribution in [3.05, 3.63) is 46.8 Å². The van der Waals surface area contributed by atoms with E-state index in [1.54, 1.807) is 0 Å². The first-order valence-corrected chi connectivity index (χ1v) is 7.72. The van der Waals surface area contributed by atoms with E-state index in [0.717, 1.165) is 23.4 Å². The molecule has 0 spiro atoms. The van der Waals surface area contributed by atoms with Crippen LogP contribution in [0.2, 0.25) is 0 Å². The number of ether oxygens (including phenoxy) is 1. The minimum absolute atomic E-state index is 0.00896. The van der Waals surface area contributed by atoms with Crippen molar-refractivity contribution in [2.75, 3.05) is 6.61 Å². The maximum absolute atomic E-state index is 12.4. The molecule has 1 aromatic carbocycles. The second kappa shape index (κ2) is 6.77. The molecule has 4 heteroatoms. The summed E-state index contributed by atoms with van der Waals surface area (Å²) in [5.41, 5.74) is 4.18. The molecule has 0 bridgehead atoms. The first kappa shape index (κ1) is 16.3. The maximum Gasteiger partial charge on any atom is 0.284 e. The Bertz CT molecular complexity index is 656. The summed E-state index contributed by atoms with van der Waals surface area (Å²) in [6, 6.07) is 7.66. The van der Waals surface area contributed by atoms with Crippen LogP contribution in [0, 0.1) is 20.8 Å². The van der Waals surface area contributed by atoms with Crippen LogP contribution >= 0.6 is 0 Å². The van der Waals surface area contributed by atoms with Gasteiger partial charge in [-0.2, -0.15) is 5.10 Å². The van der Waals surface area contributed by atoms with Crippen LogP contribution in [0.15, 0.2) is 24.3 Å². The molecule has 2 aromatic rings. The minimum Gasteiger partial charge on any atom is -0.484 e. The number of nitrogens with zero attached hydrogens (tertiary/aromatic N) is 2. The van der Waals surface area contributed by atoms with Crippen molar-refractivity contribution in [2.45, 2.75) is 47.0 Å². The predicted octanol–water partition coefficient (Wildman–Crippen LogP) is 4.04. The van der Waals surface area contributed by atoms with Gasteiger partial charge in [0.1, 0.15) is 5.75 Å². The number of hydrogen-bond donors (Lipinski definition) is 0. The third kappa shape index (κ3) is 3.38. The van der Waals surface area contributed by atoms with Gasteiger partial charge in [-0.25, -0.2) is 4.68 Å². The van der Waals surface area contributed by atoms with Crippen molar-refractivity contribution in [1.82, 2.24) is 9.78 Å². The summed E-state index contributed by atoms with van der Waals surface area (Å²) in [6.45, 7) is 10.2. The fourth-order valence-electron chi connectivity index (χ4n) is 2.66. The van der Waals surface area contributed by atoms with Crippen LogP contribution in [0.1, 0.15) is 53.5 Å². The summed E-state index contributed by atoms with van der Waals surface area (Å²) in [7, 11) is 0. The fourth-order valence-corrected chi connectivity index (χ4v) is 2.66. The third-order valence-electron chi connectivity index (χ3n) is 4.07. The largest absolute Gasteiger partial charge is 0.484 e. The lowest BCUT2D eigenvalue weighted by molar-refractivity contribution is 0.0818. The van der Waals surface area contributed by atoms with E-state index in [2.05, 4.69) is 18.9 Å². The number of carbonyl (C=O) groups excluding carboxylic acids is 1. The molecular weight excluding hydrogens is 276 g/mol. The molecule has 0 aliphatic carbocycles. The molecule has 4 nitrogen and oxygen atoms in total. The van der Waals surface area contributed by atoms with Crippen LogP contribution in [-0.2, 0) is 0 Å². The second-order valence-electron chi connectivity index (χ2n) is 5.80. The van der Waals surface area contributed by atoms with Gasteiger partial charge in [-0.15, -0.1) is 0 Å². The van der Waals surface area contributed by atoms with Gasteiger partial charge in [0, 0.05) is 5.69 Å². The summed E-state index contributed by atoms with van der Waals surface area (Å²) in [5, 5.41) is 4.39. The van der Waals surface area contributed by atoms with Crippen LogP contribution in [0.5, 0.6) is 5.75 Å². The summed E-state index contributed by atoms with van der Waals surface area (Å²) in [6.07, 6.45) is 1.03. The molecule has 1 heterocycles. The van der Waals surface area contributed by atoms with Crippen LogP contribution < -0.4 is 4.74 Å². The highest BCUT2D eigenvalue weighted by Crippen LogP contribution is 2.25. The van der Waals surface area contributed by atoms with E-state index < -0.39 is 0 Å². The third-order valence-corrected chi connectivity index (χ3v) is 4.07. The predicted molar refractivity (Wildman–Crippen MR) is 87.7 cm³/mol. The lowest BCUT2D eigenvalue weighted by Gasteiger charge is -2.10. The molecule has 0 amide bonds. The standard InChI is InChI=1S/C18H24N2O2/c1-6-13(3)18-14(4)19-20(15(18)5)17(21)11-22-16-9-7-12(2)8-10-16/h7-10,13H,6,11H2,1-5H3. The molecule has 22 heavy (non-hydrogen) atoms. The first-order valence-electron chi connectivity index (χ1n) is 7.72. The van der Waals surface area contributed by atoms with E-state index in [9.17, 15) is 4.79 Å². The van der Waals surface area contributed by atoms with Gasteiger partial charge in [0.15, 0.2) is 6.61 Å². The van der Waals surface area contributed by atoms with Crippen LogP contribution in [0.4, 0.5) is 0 Å². The Kier molecular flexibility index (Phi) is 5.01. The molecule has 0 fully saturated rings. The molecule has 0 saturated carbocycles. The molecule has 1 unspecified atom stereocenters. The zero-order valence-electron chi connectivity index (χ0n) is 14.0. The molecule has 0 N–H and O–H groups in total. The van der Waals surface area contributed by atoms with Crippen molar-refractivity contribution in [1.29, 1.82) is 0 Å². The topological polar surface area (TPSA) is 44.1 Å². The van der Waals surface area contributed by atoms with Crippen LogP contribution in [0.25, 0.3) is 0 Å². The first-order chi connectivity index (χ1) is 10.4. The number of rotatable bonds is 5. The molecule has 2 rings (SSSR count). The van der Waals surface area contributed by atoms with Gasteiger partial charge in [-0.05, 0) is 50.8 Å². The molecule has 1 aromatic heterocycles. The Morgan fingerprint density at radius 2 is 1.86 bits per heavy atom. The van der Waals surface area contributed by atoms with E-state index in [1.165, 1.54) is 10.2 Å². The van der Waals surface area contributed by atoms with Crippen molar-refractivity contribution < 1.29 is 9.53 Å². The average molecular weight is 300 g/mol. The van der Waals surface area contributed by atoms with E-state index >= 15 is 0 Å². The molecule has 0 radical (unpaired) electrons. The van der Waals surface area contributed by atoms with E-state index in [-0.39, 0.29) is 12.5 Å². The van der Waals surface area contributed by atoms with Crippen LogP contribution in [0.3, 0.4) is 0 Å². The van der Waals surface area contributed by atoms with Crippen molar-refractivity contribution in [3.63, 3.8) is 0 Å². The Morgan fingerprint density at radius 3 is 2.45 bits per heavy atom. The van der Waals surface area contributed by atoms with E-state index in [0.29, 0.717) is 11.7 Å². The molecule has 1 atom stereocenters. The van der Waals surface area contributed by atoms with Gasteiger partial charge in [-0.1, -0.05) is 31.5 Å². The maximum atomic E-state index is 12.4. The summed E-state index contributed by atoms with van der Waals surface area (Å²) < 4.78 is 7.03. The molecular formula is C18H24N2O2. The second-order valence-corrected chi connectivity index (χ2v) is 5.80. The van der Waals surface area contributed by atoms with E-state index in [1.807, 2.05) is 45.0 Å². The summed E-state index contributed by atoms with van der Waals surface area (Å²) in [5.74, 6) is 0.956. The number of hydrogen-bond acceptors (Lipinski definition) is 3. The van der Waals surface area contributed by atoms with Crippen molar-refractivity contribution >= 4 is 5.91 Å². The van der Waals surface area contributed by atoms with Crippen LogP contribution in [-0.4, -0.2) is 22.3 Å². The normalized spacial score (nSPS) is 12.2. The van der Waals surface area contributed by atoms with Gasteiger partial charge < -0.3 is 4.74 Å². The number of aromatic nitrogens is 2. The van der Waals surface area contributed by atoms with Gasteiger partial charge >= 0.3 is 0 Å². The zero-order valence-corrected chi connectivity index (χ0v) is 14.0. The van der Waals surface area contributed by atoms with E-state index in [4.69, 9.17) is 4.74 Å². The Morgan fingerprint density at radius 1 is 1.23 bits per heavy atom. The van der Waals surface area contributed by atoms with Crippen molar-refractivity contribution in [3.8, 4) is 5.75 Å². The number of benzene rings is 1. The highest BCUT2D eigenvalue weighted by Gasteiger charge is 2.20. The van der Waals surface area contributed by atoms with Gasteiger partial charge in [0.2, 0.25) is 0 Å². The lowest BCUT2D eigenvalue weighted by atomic mass is 9.97. The zero-order chi connectivity index (χ0) is 16.3. The van der Waals surface area contributed by atoms with Crippen molar-refractivity contribution in [2.24, 2.45) is 0 Å². The minimum atomic E-state index is -0.143.